The van der Waals surface area contributed by atoms with Crippen LogP contribution in [0.5, 0.6) is 0 Å². The molecule has 0 amide bonds. The molecule has 0 aromatic heterocycles. The van der Waals surface area contributed by atoms with Gasteiger partial charge in [-0.15, -0.1) is 0 Å². The molecule has 0 aliphatic carbocycles. The Balaban J connectivity index is 2.94. The largest absolute Gasteiger partial charge is 0.478 e. The Morgan fingerprint density at radius 2 is 1.16 bits per heavy atom. The fraction of sp³-hybridized carbons (Fsp3) is 0.263. The number of hydrogen-bond acceptors (Lipinski definition) is 2. The van der Waals surface area contributed by atoms with Crippen LogP contribution in [-0.2, 0) is 11.8 Å². The van der Waals surface area contributed by atoms with Gasteiger partial charge in [0, 0.05) is 0 Å². The maximum atomic E-state index is 14.1. The van der Waals surface area contributed by atoms with Crippen molar-refractivity contribution in [2.45, 2.75) is 30.4 Å². The average molecular weight is 474 g/mol. The minimum Gasteiger partial charge on any atom is -0.478 e. The van der Waals surface area contributed by atoms with E-state index in [4.69, 9.17) is 10.2 Å². The lowest BCUT2D eigenvalue weighted by Crippen LogP contribution is -2.54. The minimum atomic E-state index is -6.16. The first-order valence-electron chi connectivity index (χ1n) is 8.32. The summed E-state index contributed by atoms with van der Waals surface area (Å²) in [4.78, 5) is 22.1. The average Bonchev–Trinajstić information content (AvgIpc) is 2.58. The zero-order valence-corrected chi connectivity index (χ0v) is 15.4. The maximum Gasteiger partial charge on any atom is 0.411 e. The molecule has 2 N–H and O–H groups in total. The number of aromatic carboxylic acids is 2. The second-order valence-electron chi connectivity index (χ2n) is 6.60. The molecule has 0 aliphatic rings. The highest BCUT2D eigenvalue weighted by atomic mass is 19.4. The SMILES string of the molecule is O=C(O)c1ccc(C(c2ccc(C(=O)O)c(CC(F)(F)F)c2)(C(F)(F)F)C(F)(F)F)cc1. The molecule has 2 aromatic carbocycles. The molecule has 0 atom stereocenters. The minimum absolute atomic E-state index is 0.0942. The molecular weight excluding hydrogens is 463 g/mol. The predicted molar refractivity (Wildman–Crippen MR) is 89.5 cm³/mol. The van der Waals surface area contributed by atoms with Gasteiger partial charge in [-0.2, -0.15) is 39.5 Å². The Kier molecular flexibility index (Phi) is 6.27. The van der Waals surface area contributed by atoms with Crippen molar-refractivity contribution in [3.8, 4) is 0 Å². The van der Waals surface area contributed by atoms with Gasteiger partial charge in [-0.25, -0.2) is 9.59 Å². The highest BCUT2D eigenvalue weighted by Crippen LogP contribution is 2.56. The summed E-state index contributed by atoms with van der Waals surface area (Å²) in [6.45, 7) is 0. The van der Waals surface area contributed by atoms with Crippen LogP contribution in [0.1, 0.15) is 37.4 Å². The topological polar surface area (TPSA) is 74.6 Å². The molecule has 0 fully saturated rings. The van der Waals surface area contributed by atoms with Gasteiger partial charge >= 0.3 is 30.5 Å². The van der Waals surface area contributed by atoms with Crippen molar-refractivity contribution in [2.75, 3.05) is 0 Å². The highest BCUT2D eigenvalue weighted by molar-refractivity contribution is 5.89. The van der Waals surface area contributed by atoms with E-state index in [0.29, 0.717) is 12.1 Å². The van der Waals surface area contributed by atoms with Gasteiger partial charge in [-0.1, -0.05) is 24.3 Å². The third-order valence-electron chi connectivity index (χ3n) is 4.57. The van der Waals surface area contributed by atoms with Gasteiger partial charge in [-0.05, 0) is 34.9 Å². The summed E-state index contributed by atoms with van der Waals surface area (Å²) < 4.78 is 123. The van der Waals surface area contributed by atoms with Crippen molar-refractivity contribution in [1.82, 2.24) is 0 Å². The van der Waals surface area contributed by atoms with Crippen LogP contribution in [0.4, 0.5) is 39.5 Å². The number of rotatable bonds is 5. The van der Waals surface area contributed by atoms with E-state index in [1.807, 2.05) is 0 Å². The van der Waals surface area contributed by atoms with E-state index in [0.717, 1.165) is 0 Å². The molecule has 2 rings (SSSR count). The van der Waals surface area contributed by atoms with Crippen LogP contribution in [-0.4, -0.2) is 40.7 Å². The van der Waals surface area contributed by atoms with E-state index in [9.17, 15) is 49.1 Å². The zero-order valence-electron chi connectivity index (χ0n) is 15.4. The van der Waals surface area contributed by atoms with Gasteiger partial charge in [0.1, 0.15) is 0 Å². The normalized spacial score (nSPS) is 13.2. The number of alkyl halides is 9. The zero-order chi connectivity index (χ0) is 24.7. The van der Waals surface area contributed by atoms with Crippen LogP contribution < -0.4 is 0 Å². The summed E-state index contributed by atoms with van der Waals surface area (Å²) in [5.74, 6) is -3.62. The number of carboxylic acids is 2. The molecule has 13 heteroatoms. The monoisotopic (exact) mass is 474 g/mol. The molecular formula is C19H11F9O4. The van der Waals surface area contributed by atoms with E-state index in [1.54, 1.807) is 0 Å². The smallest absolute Gasteiger partial charge is 0.411 e. The molecule has 2 aromatic rings. The number of halogens is 9. The van der Waals surface area contributed by atoms with Crippen molar-refractivity contribution in [2.24, 2.45) is 0 Å². The quantitative estimate of drug-likeness (QED) is 0.554. The number of carbonyl (C=O) groups is 2. The lowest BCUT2D eigenvalue weighted by Gasteiger charge is -2.38. The second kappa shape index (κ2) is 8.02. The summed E-state index contributed by atoms with van der Waals surface area (Å²) >= 11 is 0. The van der Waals surface area contributed by atoms with E-state index >= 15 is 0 Å². The first kappa shape index (κ1) is 25.0. The molecule has 0 heterocycles. The molecule has 0 radical (unpaired) electrons. The van der Waals surface area contributed by atoms with Crippen molar-refractivity contribution in [1.29, 1.82) is 0 Å². The van der Waals surface area contributed by atoms with Crippen molar-refractivity contribution < 1.29 is 59.3 Å². The summed E-state index contributed by atoms with van der Waals surface area (Å²) in [6, 6.07) is 1.73. The molecule has 0 spiro atoms. The number of benzene rings is 2. The molecule has 0 unspecified atom stereocenters. The molecule has 32 heavy (non-hydrogen) atoms. The third-order valence-corrected chi connectivity index (χ3v) is 4.57. The van der Waals surface area contributed by atoms with E-state index in [1.165, 1.54) is 0 Å². The van der Waals surface area contributed by atoms with Crippen molar-refractivity contribution >= 4 is 11.9 Å². The Labute approximate surface area is 172 Å². The standard InChI is InChI=1S/C19H11F9O4/c20-16(21,22)8-10-7-12(5-6-13(10)15(31)32)17(18(23,24)25,19(26,27)28)11-3-1-9(2-4-11)14(29)30/h1-7H,8H2,(H,29,30)(H,31,32). The highest BCUT2D eigenvalue weighted by Gasteiger charge is 2.72. The molecule has 4 nitrogen and oxygen atoms in total. The van der Waals surface area contributed by atoms with Crippen molar-refractivity contribution in [3.05, 3.63) is 70.3 Å². The van der Waals surface area contributed by atoms with E-state index in [2.05, 4.69) is 0 Å². The fourth-order valence-corrected chi connectivity index (χ4v) is 3.24. The third kappa shape index (κ3) is 4.50. The Morgan fingerprint density at radius 1 is 0.688 bits per heavy atom. The van der Waals surface area contributed by atoms with Gasteiger partial charge < -0.3 is 10.2 Å². The van der Waals surface area contributed by atoms with E-state index in [-0.39, 0.29) is 30.3 Å². The van der Waals surface area contributed by atoms with Crippen LogP contribution in [0.25, 0.3) is 0 Å². The van der Waals surface area contributed by atoms with Crippen LogP contribution in [0.15, 0.2) is 42.5 Å². The fourth-order valence-electron chi connectivity index (χ4n) is 3.24. The molecule has 0 saturated carbocycles. The van der Waals surface area contributed by atoms with Gasteiger partial charge in [0.05, 0.1) is 17.5 Å². The lowest BCUT2D eigenvalue weighted by atomic mass is 9.72. The number of hydrogen-bond donors (Lipinski definition) is 2. The van der Waals surface area contributed by atoms with Crippen LogP contribution >= 0.6 is 0 Å². The van der Waals surface area contributed by atoms with Crippen LogP contribution in [0.3, 0.4) is 0 Å². The van der Waals surface area contributed by atoms with E-state index < -0.39 is 70.1 Å². The number of carboxylic acid groups (broad SMARTS) is 2. The Bertz CT molecular complexity index is 1010. The molecule has 0 saturated heterocycles. The maximum absolute atomic E-state index is 14.1. The van der Waals surface area contributed by atoms with Crippen LogP contribution in [0, 0.1) is 0 Å². The first-order chi connectivity index (χ1) is 14.4. The summed E-state index contributed by atoms with van der Waals surface area (Å²) in [7, 11) is 0. The van der Waals surface area contributed by atoms with Crippen molar-refractivity contribution in [3.63, 3.8) is 0 Å². The predicted octanol–water partition coefficient (Wildman–Crippen LogP) is 5.60. The lowest BCUT2D eigenvalue weighted by molar-refractivity contribution is -0.288. The van der Waals surface area contributed by atoms with Gasteiger partial charge in [0.25, 0.3) is 0 Å². The van der Waals surface area contributed by atoms with Gasteiger partial charge in [-0.3, -0.25) is 0 Å². The van der Waals surface area contributed by atoms with Gasteiger partial charge in [0.2, 0.25) is 5.41 Å². The first-order valence-corrected chi connectivity index (χ1v) is 8.32. The Hall–Kier alpha value is -3.25. The molecule has 0 bridgehead atoms. The summed E-state index contributed by atoms with van der Waals surface area (Å²) in [6.07, 6.45) is -19.5. The van der Waals surface area contributed by atoms with Gasteiger partial charge in [0.15, 0.2) is 0 Å². The Morgan fingerprint density at radius 3 is 1.53 bits per heavy atom. The second-order valence-corrected chi connectivity index (χ2v) is 6.60. The molecule has 0 aliphatic heterocycles. The van der Waals surface area contributed by atoms with Crippen LogP contribution in [0.2, 0.25) is 0 Å². The summed E-state index contributed by atoms with van der Waals surface area (Å²) in [5, 5.41) is 17.8. The molecule has 174 valence electrons. The summed E-state index contributed by atoms with van der Waals surface area (Å²) in [5.41, 5.74) is -11.1.